The van der Waals surface area contributed by atoms with E-state index in [1.807, 2.05) is 6.08 Å². The Balaban J connectivity index is 2.78. The van der Waals surface area contributed by atoms with Gasteiger partial charge in [-0.3, -0.25) is 0 Å². The Morgan fingerprint density at radius 2 is 2.00 bits per heavy atom. The van der Waals surface area contributed by atoms with Crippen molar-refractivity contribution >= 4 is 10.9 Å². The van der Waals surface area contributed by atoms with E-state index in [4.69, 9.17) is 0 Å². The van der Waals surface area contributed by atoms with Crippen LogP contribution < -0.4 is 0 Å². The topological polar surface area (TPSA) is 0 Å². The van der Waals surface area contributed by atoms with Crippen molar-refractivity contribution in [3.05, 3.63) is 48.1 Å². The maximum atomic E-state index is 3.82. The molecule has 0 spiro atoms. The van der Waals surface area contributed by atoms with Gasteiger partial charge in [0.25, 0.3) is 0 Å². The monoisotopic (exact) mass is 249 g/mol. The second-order valence-corrected chi connectivity index (χ2v) is 6.70. The highest BCUT2D eigenvalue weighted by Gasteiger charge is 2.25. The third kappa shape index (κ3) is 4.99. The number of hydrogen-bond donors (Lipinski definition) is 0. The summed E-state index contributed by atoms with van der Waals surface area (Å²) >= 11 is 0. The third-order valence-electron chi connectivity index (χ3n) is 2.94. The quantitative estimate of drug-likeness (QED) is 0.483. The van der Waals surface area contributed by atoms with E-state index in [0.717, 1.165) is 6.42 Å². The van der Waals surface area contributed by atoms with Crippen LogP contribution in [0.5, 0.6) is 0 Å². The molecule has 1 heteroatoms. The fraction of sp³-hybridized carbons (Fsp3) is 0.500. The highest BCUT2D eigenvalue weighted by Crippen LogP contribution is 2.21. The first kappa shape index (κ1) is 14.4. The van der Waals surface area contributed by atoms with Crippen LogP contribution in [-0.4, -0.2) is 17.3 Å². The summed E-state index contributed by atoms with van der Waals surface area (Å²) in [5, 5.41) is 0. The molecule has 1 aliphatic rings. The lowest BCUT2D eigenvalue weighted by Crippen LogP contribution is -2.12. The summed E-state index contributed by atoms with van der Waals surface area (Å²) in [6.07, 6.45) is 14.8. The molecule has 0 atom stereocenters. The van der Waals surface area contributed by atoms with Crippen molar-refractivity contribution in [2.24, 2.45) is 0 Å². The fourth-order valence-electron chi connectivity index (χ4n) is 2.16. The molecule has 0 amide bonds. The van der Waals surface area contributed by atoms with Gasteiger partial charge in [-0.05, 0) is 42.7 Å². The lowest BCUT2D eigenvalue weighted by Gasteiger charge is -2.08. The largest absolute Gasteiger partial charge is 0.133 e. The van der Waals surface area contributed by atoms with Gasteiger partial charge in [-0.15, -0.1) is 0 Å². The van der Waals surface area contributed by atoms with Gasteiger partial charge in [-0.25, -0.2) is 0 Å². The molecule has 0 radical (unpaired) electrons. The first-order valence-electron chi connectivity index (χ1n) is 6.60. The molecule has 94 valence electrons. The van der Waals surface area contributed by atoms with Crippen LogP contribution in [0.15, 0.2) is 48.1 Å². The number of hydrogen-bond acceptors (Lipinski definition) is 0. The molecule has 17 heavy (non-hydrogen) atoms. The van der Waals surface area contributed by atoms with E-state index in [0.29, 0.717) is 10.9 Å². The highest BCUT2D eigenvalue weighted by molar-refractivity contribution is 7.97. The maximum Gasteiger partial charge on any atom is 0.133 e. The molecule has 1 rings (SSSR count). The Bertz CT molecular complexity index is 314. The molecule has 0 aliphatic carbocycles. The minimum absolute atomic E-state index is 0.636. The van der Waals surface area contributed by atoms with E-state index in [9.17, 15) is 0 Å². The zero-order valence-corrected chi connectivity index (χ0v) is 12.1. The molecule has 0 saturated carbocycles. The minimum Gasteiger partial charge on any atom is -0.0990 e. The fourth-order valence-corrected chi connectivity index (χ4v) is 4.60. The van der Waals surface area contributed by atoms with Gasteiger partial charge in [0.15, 0.2) is 0 Å². The predicted octanol–water partition coefficient (Wildman–Crippen LogP) is 4.42. The van der Waals surface area contributed by atoms with Crippen LogP contribution in [0.25, 0.3) is 0 Å². The second kappa shape index (κ2) is 8.41. The van der Waals surface area contributed by atoms with Gasteiger partial charge in [-0.1, -0.05) is 43.9 Å². The zero-order valence-electron chi connectivity index (χ0n) is 11.2. The van der Waals surface area contributed by atoms with Crippen LogP contribution in [-0.2, 0) is 10.9 Å². The van der Waals surface area contributed by atoms with E-state index in [2.05, 4.69) is 44.7 Å². The summed E-state index contributed by atoms with van der Waals surface area (Å²) in [6, 6.07) is 0. The van der Waals surface area contributed by atoms with Crippen LogP contribution in [0.4, 0.5) is 0 Å². The lowest BCUT2D eigenvalue weighted by atomic mass is 10.1. The zero-order chi connectivity index (χ0) is 12.5. The van der Waals surface area contributed by atoms with Crippen LogP contribution in [0.1, 0.15) is 33.1 Å². The Hall–Kier alpha value is -0.690. The minimum atomic E-state index is 0.636. The first-order chi connectivity index (χ1) is 8.31. The molecular formula is C16H25S+. The SMILES string of the molecule is C=C/C=C(\C=C/C)C(=C\CC)/C[S+]1CCCC1. The average Bonchev–Trinajstić information content (AvgIpc) is 2.81. The summed E-state index contributed by atoms with van der Waals surface area (Å²) < 4.78 is 0. The molecule has 1 aliphatic heterocycles. The van der Waals surface area contributed by atoms with Gasteiger partial charge in [-0.2, -0.15) is 0 Å². The van der Waals surface area contributed by atoms with Crippen molar-refractivity contribution in [3.8, 4) is 0 Å². The molecular weight excluding hydrogens is 224 g/mol. The lowest BCUT2D eigenvalue weighted by molar-refractivity contribution is 0.949. The summed E-state index contributed by atoms with van der Waals surface area (Å²) in [6.45, 7) is 8.12. The molecule has 0 aromatic rings. The molecule has 1 heterocycles. The molecule has 0 aromatic carbocycles. The number of rotatable bonds is 6. The Kier molecular flexibility index (Phi) is 7.11. The molecule has 0 bridgehead atoms. The van der Waals surface area contributed by atoms with Crippen molar-refractivity contribution in [1.82, 2.24) is 0 Å². The van der Waals surface area contributed by atoms with Gasteiger partial charge in [0.05, 0.1) is 0 Å². The third-order valence-corrected chi connectivity index (χ3v) is 5.39. The standard InChI is InChI=1S/C16H25S/c1-4-9-15(10-5-2)16(11-6-3)14-17-12-7-8-13-17/h4-5,9-11H,1,6-8,12-14H2,2-3H3/q+1/b10-5-,15-9+,16-11-. The van der Waals surface area contributed by atoms with Crippen LogP contribution >= 0.6 is 0 Å². The second-order valence-electron chi connectivity index (χ2n) is 4.37. The normalized spacial score (nSPS) is 19.2. The van der Waals surface area contributed by atoms with Gasteiger partial charge < -0.3 is 0 Å². The maximum absolute atomic E-state index is 3.82. The van der Waals surface area contributed by atoms with E-state index in [1.54, 1.807) is 0 Å². The summed E-state index contributed by atoms with van der Waals surface area (Å²) in [5.41, 5.74) is 2.87. The van der Waals surface area contributed by atoms with Crippen molar-refractivity contribution in [1.29, 1.82) is 0 Å². The summed E-state index contributed by atoms with van der Waals surface area (Å²) in [7, 11) is 0.636. The van der Waals surface area contributed by atoms with E-state index >= 15 is 0 Å². The molecule has 0 N–H and O–H groups in total. The molecule has 1 saturated heterocycles. The van der Waals surface area contributed by atoms with Gasteiger partial charge in [0, 0.05) is 5.57 Å². The van der Waals surface area contributed by atoms with Crippen molar-refractivity contribution in [2.75, 3.05) is 17.3 Å². The van der Waals surface area contributed by atoms with Crippen molar-refractivity contribution in [3.63, 3.8) is 0 Å². The van der Waals surface area contributed by atoms with Crippen molar-refractivity contribution in [2.45, 2.75) is 33.1 Å². The van der Waals surface area contributed by atoms with Crippen LogP contribution in [0.3, 0.4) is 0 Å². The van der Waals surface area contributed by atoms with Crippen molar-refractivity contribution < 1.29 is 0 Å². The molecule has 0 aromatic heterocycles. The summed E-state index contributed by atoms with van der Waals surface area (Å²) in [5.74, 6) is 4.16. The first-order valence-corrected chi connectivity index (χ1v) is 8.34. The Labute approximate surface area is 110 Å². The number of allylic oxidation sites excluding steroid dienone is 6. The Morgan fingerprint density at radius 1 is 1.29 bits per heavy atom. The summed E-state index contributed by atoms with van der Waals surface area (Å²) in [4.78, 5) is 0. The van der Waals surface area contributed by atoms with Gasteiger partial charge >= 0.3 is 0 Å². The predicted molar refractivity (Wildman–Crippen MR) is 82.7 cm³/mol. The van der Waals surface area contributed by atoms with Crippen LogP contribution in [0.2, 0.25) is 0 Å². The van der Waals surface area contributed by atoms with E-state index in [-0.39, 0.29) is 0 Å². The van der Waals surface area contributed by atoms with Crippen LogP contribution in [0, 0.1) is 0 Å². The van der Waals surface area contributed by atoms with Gasteiger partial charge in [0.2, 0.25) is 0 Å². The molecule has 0 unspecified atom stereocenters. The highest BCUT2D eigenvalue weighted by atomic mass is 32.2. The van der Waals surface area contributed by atoms with E-state index < -0.39 is 0 Å². The van der Waals surface area contributed by atoms with Gasteiger partial charge in [0.1, 0.15) is 17.3 Å². The van der Waals surface area contributed by atoms with E-state index in [1.165, 1.54) is 41.2 Å². The smallest absolute Gasteiger partial charge is 0.0990 e. The Morgan fingerprint density at radius 3 is 2.53 bits per heavy atom. The molecule has 1 fully saturated rings. The molecule has 0 nitrogen and oxygen atoms in total. The average molecular weight is 249 g/mol.